The van der Waals surface area contributed by atoms with Crippen LogP contribution in [0.25, 0.3) is 0 Å². The number of carbonyl (C=O) groups is 1. The largest absolute Gasteiger partial charge is 0.347 e. The van der Waals surface area contributed by atoms with Crippen molar-refractivity contribution in [1.82, 2.24) is 4.98 Å². The van der Waals surface area contributed by atoms with E-state index in [9.17, 15) is 9.18 Å². The Morgan fingerprint density at radius 2 is 2.20 bits per heavy atom. The van der Waals surface area contributed by atoms with Gasteiger partial charge in [0.1, 0.15) is 5.82 Å². The van der Waals surface area contributed by atoms with Gasteiger partial charge in [-0.05, 0) is 18.9 Å². The Kier molecular flexibility index (Phi) is 3.53. The third-order valence-corrected chi connectivity index (χ3v) is 4.54. The van der Waals surface area contributed by atoms with Crippen molar-refractivity contribution >= 4 is 22.8 Å². The molecule has 0 N–H and O–H groups in total. The van der Waals surface area contributed by atoms with E-state index in [4.69, 9.17) is 0 Å². The van der Waals surface area contributed by atoms with Crippen molar-refractivity contribution in [3.63, 3.8) is 0 Å². The number of halogens is 1. The van der Waals surface area contributed by atoms with Crippen LogP contribution in [0.2, 0.25) is 0 Å². The number of thiazole rings is 1. The highest BCUT2D eigenvalue weighted by Crippen LogP contribution is 2.43. The van der Waals surface area contributed by atoms with Gasteiger partial charge in [-0.1, -0.05) is 29.5 Å². The Hall–Kier alpha value is -1.75. The molecule has 5 heteroatoms. The average Bonchev–Trinajstić information content (AvgIpc) is 3.20. The Morgan fingerprint density at radius 1 is 1.45 bits per heavy atom. The van der Waals surface area contributed by atoms with Gasteiger partial charge in [-0.3, -0.25) is 4.79 Å². The molecule has 0 atom stereocenters. The molecule has 0 spiro atoms. The predicted octanol–water partition coefficient (Wildman–Crippen LogP) is 3.61. The van der Waals surface area contributed by atoms with Crippen molar-refractivity contribution in [2.45, 2.75) is 25.3 Å². The SMILES string of the molecule is CN(Cc1ccccc1F)c1nc(C2CC2)c(C=O)s1. The first-order valence-electron chi connectivity index (χ1n) is 6.59. The second-order valence-corrected chi connectivity index (χ2v) is 6.09. The summed E-state index contributed by atoms with van der Waals surface area (Å²) in [7, 11) is 1.87. The van der Waals surface area contributed by atoms with E-state index in [0.717, 1.165) is 30.0 Å². The second kappa shape index (κ2) is 5.32. The van der Waals surface area contributed by atoms with Crippen molar-refractivity contribution in [2.24, 2.45) is 0 Å². The molecular formula is C15H15FN2OS. The number of benzene rings is 1. The van der Waals surface area contributed by atoms with Gasteiger partial charge in [0.2, 0.25) is 0 Å². The van der Waals surface area contributed by atoms with Crippen LogP contribution in [0, 0.1) is 5.82 Å². The monoisotopic (exact) mass is 290 g/mol. The van der Waals surface area contributed by atoms with E-state index in [2.05, 4.69) is 4.98 Å². The summed E-state index contributed by atoms with van der Waals surface area (Å²) >= 11 is 1.39. The zero-order valence-electron chi connectivity index (χ0n) is 11.2. The van der Waals surface area contributed by atoms with Crippen LogP contribution in [0.1, 0.15) is 39.7 Å². The molecule has 0 radical (unpaired) electrons. The van der Waals surface area contributed by atoms with Gasteiger partial charge in [-0.15, -0.1) is 0 Å². The lowest BCUT2D eigenvalue weighted by molar-refractivity contribution is 0.112. The van der Waals surface area contributed by atoms with Crippen molar-refractivity contribution in [1.29, 1.82) is 0 Å². The highest BCUT2D eigenvalue weighted by Gasteiger charge is 2.30. The summed E-state index contributed by atoms with van der Waals surface area (Å²) in [6.45, 7) is 0.447. The zero-order chi connectivity index (χ0) is 14.1. The Balaban J connectivity index is 1.82. The Bertz CT molecular complexity index is 637. The van der Waals surface area contributed by atoms with Crippen molar-refractivity contribution < 1.29 is 9.18 Å². The average molecular weight is 290 g/mol. The maximum atomic E-state index is 13.7. The Morgan fingerprint density at radius 3 is 2.85 bits per heavy atom. The van der Waals surface area contributed by atoms with Crippen LogP contribution in [0.15, 0.2) is 24.3 Å². The first-order valence-corrected chi connectivity index (χ1v) is 7.41. The van der Waals surface area contributed by atoms with Crippen LogP contribution in [0.5, 0.6) is 0 Å². The molecule has 1 aliphatic rings. The number of anilines is 1. The first kappa shape index (κ1) is 13.2. The molecule has 0 bridgehead atoms. The maximum Gasteiger partial charge on any atom is 0.186 e. The van der Waals surface area contributed by atoms with Crippen molar-refractivity contribution in [2.75, 3.05) is 11.9 Å². The lowest BCUT2D eigenvalue weighted by Crippen LogP contribution is -2.17. The van der Waals surface area contributed by atoms with E-state index in [1.54, 1.807) is 12.1 Å². The molecular weight excluding hydrogens is 275 g/mol. The van der Waals surface area contributed by atoms with E-state index in [1.807, 2.05) is 18.0 Å². The van der Waals surface area contributed by atoms with Crippen LogP contribution in [0.3, 0.4) is 0 Å². The van der Waals surface area contributed by atoms with Gasteiger partial charge in [0.15, 0.2) is 11.4 Å². The number of hydrogen-bond donors (Lipinski definition) is 0. The van der Waals surface area contributed by atoms with Crippen LogP contribution >= 0.6 is 11.3 Å². The van der Waals surface area contributed by atoms with Gasteiger partial charge in [0.05, 0.1) is 10.6 Å². The minimum Gasteiger partial charge on any atom is -0.347 e. The fourth-order valence-electron chi connectivity index (χ4n) is 2.18. The summed E-state index contributed by atoms with van der Waals surface area (Å²) in [5.41, 5.74) is 1.55. The predicted molar refractivity (Wildman–Crippen MR) is 78.0 cm³/mol. The van der Waals surface area contributed by atoms with Crippen LogP contribution in [0.4, 0.5) is 9.52 Å². The van der Waals surface area contributed by atoms with Gasteiger partial charge in [0.25, 0.3) is 0 Å². The number of carbonyl (C=O) groups excluding carboxylic acids is 1. The van der Waals surface area contributed by atoms with E-state index in [-0.39, 0.29) is 5.82 Å². The highest BCUT2D eigenvalue weighted by atomic mass is 32.1. The molecule has 104 valence electrons. The van der Waals surface area contributed by atoms with Gasteiger partial charge >= 0.3 is 0 Å². The molecule has 3 nitrogen and oxygen atoms in total. The normalized spacial score (nSPS) is 14.3. The number of aldehydes is 1. The molecule has 1 heterocycles. The minimum atomic E-state index is -0.214. The van der Waals surface area contributed by atoms with Crippen LogP contribution in [-0.2, 0) is 6.54 Å². The maximum absolute atomic E-state index is 13.7. The van der Waals surface area contributed by atoms with Gasteiger partial charge in [-0.25, -0.2) is 9.37 Å². The van der Waals surface area contributed by atoms with Crippen LogP contribution < -0.4 is 4.90 Å². The van der Waals surface area contributed by atoms with E-state index in [0.29, 0.717) is 22.9 Å². The molecule has 1 fully saturated rings. The summed E-state index contributed by atoms with van der Waals surface area (Å²) < 4.78 is 13.7. The molecule has 3 rings (SSSR count). The van der Waals surface area contributed by atoms with Gasteiger partial charge in [0, 0.05) is 25.1 Å². The molecule has 0 unspecified atom stereocenters. The molecule has 0 amide bonds. The smallest absolute Gasteiger partial charge is 0.186 e. The third kappa shape index (κ3) is 2.58. The summed E-state index contributed by atoms with van der Waals surface area (Å²) in [4.78, 5) is 18.3. The molecule has 1 aromatic carbocycles. The number of nitrogens with zero attached hydrogens (tertiary/aromatic N) is 2. The standard InChI is InChI=1S/C15H15FN2OS/c1-18(8-11-4-2-3-5-12(11)16)15-17-14(10-6-7-10)13(9-19)20-15/h2-5,9-10H,6-8H2,1H3. The quantitative estimate of drug-likeness (QED) is 0.789. The molecule has 20 heavy (non-hydrogen) atoms. The van der Waals surface area contributed by atoms with E-state index in [1.165, 1.54) is 17.4 Å². The molecule has 0 aliphatic heterocycles. The molecule has 1 aromatic heterocycles. The summed E-state index contributed by atoms with van der Waals surface area (Å²) in [5.74, 6) is 0.232. The van der Waals surface area contributed by atoms with Crippen molar-refractivity contribution in [3.05, 3.63) is 46.2 Å². The lowest BCUT2D eigenvalue weighted by Gasteiger charge is -2.16. The first-order chi connectivity index (χ1) is 9.69. The molecule has 2 aromatic rings. The summed E-state index contributed by atoms with van der Waals surface area (Å²) in [5, 5.41) is 0.775. The van der Waals surface area contributed by atoms with E-state index >= 15 is 0 Å². The topological polar surface area (TPSA) is 33.2 Å². The third-order valence-electron chi connectivity index (χ3n) is 3.43. The van der Waals surface area contributed by atoms with Gasteiger partial charge < -0.3 is 4.90 Å². The summed E-state index contributed by atoms with van der Waals surface area (Å²) in [6.07, 6.45) is 3.11. The summed E-state index contributed by atoms with van der Waals surface area (Å²) in [6, 6.07) is 6.72. The Labute approximate surface area is 121 Å². The number of hydrogen-bond acceptors (Lipinski definition) is 4. The minimum absolute atomic E-state index is 0.214. The second-order valence-electron chi connectivity index (χ2n) is 5.09. The van der Waals surface area contributed by atoms with E-state index < -0.39 is 0 Å². The fourth-order valence-corrected chi connectivity index (χ4v) is 3.10. The van der Waals surface area contributed by atoms with Crippen molar-refractivity contribution in [3.8, 4) is 0 Å². The number of aromatic nitrogens is 1. The highest BCUT2D eigenvalue weighted by molar-refractivity contribution is 7.17. The van der Waals surface area contributed by atoms with Crippen LogP contribution in [-0.4, -0.2) is 18.3 Å². The molecule has 1 saturated carbocycles. The fraction of sp³-hybridized carbons (Fsp3) is 0.333. The molecule has 0 saturated heterocycles. The lowest BCUT2D eigenvalue weighted by atomic mass is 10.2. The zero-order valence-corrected chi connectivity index (χ0v) is 12.0. The van der Waals surface area contributed by atoms with Gasteiger partial charge in [-0.2, -0.15) is 0 Å². The number of rotatable bonds is 5. The molecule has 1 aliphatic carbocycles.